The van der Waals surface area contributed by atoms with Gasteiger partial charge in [0.25, 0.3) is 5.56 Å². The van der Waals surface area contributed by atoms with Gasteiger partial charge in [0.1, 0.15) is 6.10 Å². The molecule has 1 fully saturated rings. The number of aliphatic hydroxyl groups is 1. The molecule has 3 rings (SSSR count). The number of hydrogen-bond donors (Lipinski definition) is 3. The van der Waals surface area contributed by atoms with Crippen LogP contribution in [0.2, 0.25) is 0 Å². The van der Waals surface area contributed by atoms with Crippen molar-refractivity contribution in [3.05, 3.63) is 16.7 Å². The first kappa shape index (κ1) is 13.0. The van der Waals surface area contributed by atoms with Crippen LogP contribution in [0.3, 0.4) is 0 Å². The Hall–Kier alpha value is -2.00. The maximum atomic E-state index is 13.9. The van der Waals surface area contributed by atoms with E-state index >= 15 is 0 Å². The molecule has 1 aliphatic heterocycles. The minimum Gasteiger partial charge on any atom is -0.385 e. The van der Waals surface area contributed by atoms with Gasteiger partial charge in [0, 0.05) is 0 Å². The molecule has 20 heavy (non-hydrogen) atoms. The predicted octanol–water partition coefficient (Wildman–Crippen LogP) is -0.292. The van der Waals surface area contributed by atoms with Gasteiger partial charge in [-0.15, -0.1) is 0 Å². The molecular formula is C11H14FN5O3. The van der Waals surface area contributed by atoms with Crippen molar-refractivity contribution in [3.63, 3.8) is 0 Å². The molecule has 4 atom stereocenters. The smallest absolute Gasteiger partial charge is 0.280 e. The summed E-state index contributed by atoms with van der Waals surface area (Å²) in [6.45, 7) is 1.76. The van der Waals surface area contributed by atoms with E-state index in [-0.39, 0.29) is 17.1 Å². The normalized spacial score (nSPS) is 30.1. The maximum Gasteiger partial charge on any atom is 0.280 e. The largest absolute Gasteiger partial charge is 0.385 e. The van der Waals surface area contributed by atoms with Crippen LogP contribution >= 0.6 is 0 Å². The van der Waals surface area contributed by atoms with Crippen molar-refractivity contribution >= 4 is 17.1 Å². The molecular weight excluding hydrogens is 269 g/mol. The number of nitrogens with zero attached hydrogens (tertiary/aromatic N) is 3. The Morgan fingerprint density at radius 2 is 2.40 bits per heavy atom. The monoisotopic (exact) mass is 283 g/mol. The lowest BCUT2D eigenvalue weighted by Gasteiger charge is -2.16. The summed E-state index contributed by atoms with van der Waals surface area (Å²) < 4.78 is 20.7. The quantitative estimate of drug-likeness (QED) is 0.696. The van der Waals surface area contributed by atoms with Crippen LogP contribution in [0.4, 0.5) is 10.3 Å². The molecule has 0 aromatic carbocycles. The summed E-state index contributed by atoms with van der Waals surface area (Å²) in [5.74, 6) is -0.0828. The summed E-state index contributed by atoms with van der Waals surface area (Å²) in [5, 5.41) is 9.94. The van der Waals surface area contributed by atoms with Crippen molar-refractivity contribution in [1.82, 2.24) is 19.5 Å². The zero-order chi connectivity index (χ0) is 14.4. The van der Waals surface area contributed by atoms with E-state index < -0.39 is 30.2 Å². The number of H-pyrrole nitrogens is 1. The molecule has 4 N–H and O–H groups in total. The van der Waals surface area contributed by atoms with Crippen LogP contribution in [0.25, 0.3) is 11.2 Å². The SMILES string of the molecule is CC[C@H]1O[C@@H](n2cnc3c(=O)[nH]c(N)nc32)[C@H](O)[C@@H]1F. The standard InChI is InChI=1S/C11H14FN5O3/c1-2-4-5(12)7(18)10(20-4)17-3-14-6-8(17)15-11(13)16-9(6)19/h3-5,7,10,18H,2H2,1H3,(H3,13,15,16,19)/t4-,5-,7-,10-/m1/s1. The molecule has 0 aliphatic carbocycles. The molecule has 8 nitrogen and oxygen atoms in total. The Balaban J connectivity index is 2.09. The third-order valence-corrected chi connectivity index (χ3v) is 3.41. The van der Waals surface area contributed by atoms with Gasteiger partial charge in [0.2, 0.25) is 5.95 Å². The second-order valence-corrected chi connectivity index (χ2v) is 4.68. The lowest BCUT2D eigenvalue weighted by atomic mass is 10.1. The van der Waals surface area contributed by atoms with E-state index in [1.54, 1.807) is 6.92 Å². The zero-order valence-electron chi connectivity index (χ0n) is 10.7. The molecule has 3 heterocycles. The molecule has 2 aromatic rings. The Morgan fingerprint density at radius 3 is 3.05 bits per heavy atom. The third kappa shape index (κ3) is 1.78. The summed E-state index contributed by atoms with van der Waals surface area (Å²) in [6, 6.07) is 0. The van der Waals surface area contributed by atoms with Gasteiger partial charge in [0.15, 0.2) is 23.6 Å². The number of rotatable bonds is 2. The van der Waals surface area contributed by atoms with Gasteiger partial charge in [0.05, 0.1) is 12.4 Å². The molecule has 0 amide bonds. The average molecular weight is 283 g/mol. The van der Waals surface area contributed by atoms with E-state index in [1.165, 1.54) is 10.9 Å². The first-order chi connectivity index (χ1) is 9.52. The van der Waals surface area contributed by atoms with E-state index in [2.05, 4.69) is 15.0 Å². The fourth-order valence-corrected chi connectivity index (χ4v) is 2.39. The number of anilines is 1. The molecule has 9 heteroatoms. The van der Waals surface area contributed by atoms with E-state index in [4.69, 9.17) is 10.5 Å². The summed E-state index contributed by atoms with van der Waals surface area (Å²) in [7, 11) is 0. The van der Waals surface area contributed by atoms with Crippen molar-refractivity contribution in [3.8, 4) is 0 Å². The Kier molecular flexibility index (Phi) is 2.94. The fourth-order valence-electron chi connectivity index (χ4n) is 2.39. The number of halogens is 1. The van der Waals surface area contributed by atoms with E-state index in [9.17, 15) is 14.3 Å². The predicted molar refractivity (Wildman–Crippen MR) is 67.7 cm³/mol. The third-order valence-electron chi connectivity index (χ3n) is 3.41. The number of aromatic nitrogens is 4. The van der Waals surface area contributed by atoms with Crippen LogP contribution in [0.1, 0.15) is 19.6 Å². The van der Waals surface area contributed by atoms with Gasteiger partial charge >= 0.3 is 0 Å². The second-order valence-electron chi connectivity index (χ2n) is 4.68. The number of aliphatic hydroxyl groups excluding tert-OH is 1. The van der Waals surface area contributed by atoms with Gasteiger partial charge in [-0.2, -0.15) is 4.98 Å². The summed E-state index contributed by atoms with van der Waals surface area (Å²) >= 11 is 0. The molecule has 0 spiro atoms. The van der Waals surface area contributed by atoms with Crippen molar-refractivity contribution in [1.29, 1.82) is 0 Å². The first-order valence-electron chi connectivity index (χ1n) is 6.22. The number of nitrogens with one attached hydrogen (secondary N) is 1. The maximum absolute atomic E-state index is 13.9. The van der Waals surface area contributed by atoms with Gasteiger partial charge in [-0.05, 0) is 6.42 Å². The summed E-state index contributed by atoms with van der Waals surface area (Å²) in [5.41, 5.74) is 5.20. The number of imidazole rings is 1. The topological polar surface area (TPSA) is 119 Å². The van der Waals surface area contributed by atoms with Gasteiger partial charge < -0.3 is 15.6 Å². The Bertz CT molecular complexity index is 699. The van der Waals surface area contributed by atoms with Crippen LogP contribution in [-0.2, 0) is 4.74 Å². The summed E-state index contributed by atoms with van der Waals surface area (Å²) in [6.07, 6.45) is -2.82. The van der Waals surface area contributed by atoms with Crippen molar-refractivity contribution in [2.24, 2.45) is 0 Å². The van der Waals surface area contributed by atoms with Gasteiger partial charge in [-0.3, -0.25) is 14.3 Å². The molecule has 0 bridgehead atoms. The second kappa shape index (κ2) is 4.53. The van der Waals surface area contributed by atoms with Crippen molar-refractivity contribution < 1.29 is 14.2 Å². The Labute approximate surface area is 112 Å². The van der Waals surface area contributed by atoms with Gasteiger partial charge in [-0.25, -0.2) is 9.37 Å². The highest BCUT2D eigenvalue weighted by atomic mass is 19.1. The number of hydrogen-bond acceptors (Lipinski definition) is 6. The fraction of sp³-hybridized carbons (Fsp3) is 0.545. The highest BCUT2D eigenvalue weighted by molar-refractivity contribution is 5.70. The van der Waals surface area contributed by atoms with E-state index in [1.807, 2.05) is 0 Å². The van der Waals surface area contributed by atoms with Crippen molar-refractivity contribution in [2.75, 3.05) is 5.73 Å². The number of fused-ring (bicyclic) bond motifs is 1. The van der Waals surface area contributed by atoms with Crippen LogP contribution in [0.15, 0.2) is 11.1 Å². The molecule has 0 unspecified atom stereocenters. The number of ether oxygens (including phenoxy) is 1. The van der Waals surface area contributed by atoms with Crippen LogP contribution in [0, 0.1) is 0 Å². The number of alkyl halides is 1. The lowest BCUT2D eigenvalue weighted by molar-refractivity contribution is -0.0355. The van der Waals surface area contributed by atoms with Crippen molar-refractivity contribution in [2.45, 2.75) is 38.0 Å². The average Bonchev–Trinajstić information content (AvgIpc) is 2.93. The highest BCUT2D eigenvalue weighted by Gasteiger charge is 2.44. The van der Waals surface area contributed by atoms with Crippen LogP contribution < -0.4 is 11.3 Å². The molecule has 108 valence electrons. The first-order valence-corrected chi connectivity index (χ1v) is 6.22. The Morgan fingerprint density at radius 1 is 1.65 bits per heavy atom. The number of aromatic amines is 1. The van der Waals surface area contributed by atoms with Crippen LogP contribution in [0.5, 0.6) is 0 Å². The van der Waals surface area contributed by atoms with E-state index in [0.717, 1.165) is 0 Å². The molecule has 0 saturated carbocycles. The molecule has 1 aliphatic rings. The summed E-state index contributed by atoms with van der Waals surface area (Å²) in [4.78, 5) is 21.8. The van der Waals surface area contributed by atoms with Crippen LogP contribution in [-0.4, -0.2) is 43.0 Å². The molecule has 1 saturated heterocycles. The van der Waals surface area contributed by atoms with Gasteiger partial charge in [-0.1, -0.05) is 6.92 Å². The highest BCUT2D eigenvalue weighted by Crippen LogP contribution is 2.34. The lowest BCUT2D eigenvalue weighted by Crippen LogP contribution is -2.27. The zero-order valence-corrected chi connectivity index (χ0v) is 10.7. The number of nitrogen functional groups attached to an aromatic ring is 1. The molecule has 0 radical (unpaired) electrons. The molecule has 2 aromatic heterocycles. The number of nitrogens with two attached hydrogens (primary N) is 1. The minimum atomic E-state index is -1.50. The minimum absolute atomic E-state index is 0.0605. The van der Waals surface area contributed by atoms with E-state index in [0.29, 0.717) is 6.42 Å².